The maximum Gasteiger partial charge on any atom is 0.232 e. The van der Waals surface area contributed by atoms with Crippen LogP contribution in [0.3, 0.4) is 0 Å². The highest BCUT2D eigenvalue weighted by Crippen LogP contribution is 2.31. The number of nitrogens with one attached hydrogen (secondary N) is 1. The fourth-order valence-electron chi connectivity index (χ4n) is 3.22. The molecular weight excluding hydrogens is 308 g/mol. The molecule has 3 rings (SSSR count). The number of ether oxygens (including phenoxy) is 2. The van der Waals surface area contributed by atoms with E-state index in [9.17, 15) is 9.59 Å². The molecule has 2 aliphatic rings. The van der Waals surface area contributed by atoms with Gasteiger partial charge in [-0.05, 0) is 12.5 Å². The van der Waals surface area contributed by atoms with E-state index < -0.39 is 5.79 Å². The number of benzene rings is 1. The van der Waals surface area contributed by atoms with Crippen LogP contribution in [0.1, 0.15) is 30.4 Å². The van der Waals surface area contributed by atoms with Crippen molar-refractivity contribution in [3.8, 4) is 0 Å². The summed E-state index contributed by atoms with van der Waals surface area (Å²) in [6.07, 6.45) is 1.23. The summed E-state index contributed by atoms with van der Waals surface area (Å²) in [4.78, 5) is 26.0. The maximum absolute atomic E-state index is 12.3. The number of hydrogen-bond acceptors (Lipinski definition) is 4. The van der Waals surface area contributed by atoms with Crippen LogP contribution in [0.2, 0.25) is 0 Å². The highest BCUT2D eigenvalue weighted by molar-refractivity contribution is 5.96. The number of likely N-dealkylation sites (tertiary alicyclic amines) is 1. The van der Waals surface area contributed by atoms with Crippen molar-refractivity contribution in [1.29, 1.82) is 0 Å². The lowest BCUT2D eigenvalue weighted by Crippen LogP contribution is -2.48. The van der Waals surface area contributed by atoms with E-state index >= 15 is 0 Å². The van der Waals surface area contributed by atoms with E-state index in [2.05, 4.69) is 5.32 Å². The summed E-state index contributed by atoms with van der Waals surface area (Å²) in [5.74, 6) is -0.871. The third-order valence-corrected chi connectivity index (χ3v) is 4.58. The minimum Gasteiger partial charge on any atom is -0.352 e. The Morgan fingerprint density at radius 3 is 2.58 bits per heavy atom. The molecule has 0 radical (unpaired) electrons. The summed E-state index contributed by atoms with van der Waals surface area (Å²) >= 11 is 0. The summed E-state index contributed by atoms with van der Waals surface area (Å²) < 4.78 is 11.3. The van der Waals surface area contributed by atoms with E-state index in [1.807, 2.05) is 31.2 Å². The van der Waals surface area contributed by atoms with Gasteiger partial charge in [0.05, 0.1) is 13.2 Å². The van der Waals surface area contributed by atoms with Crippen molar-refractivity contribution in [2.45, 2.75) is 38.5 Å². The van der Waals surface area contributed by atoms with Gasteiger partial charge in [0, 0.05) is 32.5 Å². The van der Waals surface area contributed by atoms with E-state index in [0.29, 0.717) is 45.7 Å². The molecular formula is C18H24N2O4. The number of carbonyl (C=O) groups excluding carboxylic acids is 2. The van der Waals surface area contributed by atoms with Crippen molar-refractivity contribution < 1.29 is 19.1 Å². The van der Waals surface area contributed by atoms with Crippen molar-refractivity contribution in [3.05, 3.63) is 35.4 Å². The Labute approximate surface area is 142 Å². The third-order valence-electron chi connectivity index (χ3n) is 4.58. The van der Waals surface area contributed by atoms with Crippen molar-refractivity contribution >= 4 is 11.8 Å². The van der Waals surface area contributed by atoms with Gasteiger partial charge < -0.3 is 19.7 Å². The summed E-state index contributed by atoms with van der Waals surface area (Å²) in [6, 6.07) is 7.95. The van der Waals surface area contributed by atoms with E-state index in [4.69, 9.17) is 9.47 Å². The first-order valence-corrected chi connectivity index (χ1v) is 8.44. The Morgan fingerprint density at radius 2 is 1.92 bits per heavy atom. The second-order valence-electron chi connectivity index (χ2n) is 6.43. The molecule has 6 nitrogen and oxygen atoms in total. The smallest absolute Gasteiger partial charge is 0.232 e. The quantitative estimate of drug-likeness (QED) is 0.846. The Balaban J connectivity index is 1.42. The normalized spacial score (nSPS) is 19.5. The summed E-state index contributed by atoms with van der Waals surface area (Å²) in [7, 11) is 0. The molecule has 0 unspecified atom stereocenters. The van der Waals surface area contributed by atoms with Gasteiger partial charge in [0.25, 0.3) is 0 Å². The van der Waals surface area contributed by atoms with E-state index in [1.165, 1.54) is 0 Å². The monoisotopic (exact) mass is 332 g/mol. The molecule has 6 heteroatoms. The molecule has 1 N–H and O–H groups in total. The van der Waals surface area contributed by atoms with Gasteiger partial charge in [-0.3, -0.25) is 9.59 Å². The molecule has 130 valence electrons. The average Bonchev–Trinajstić information content (AvgIpc) is 3.02. The molecule has 24 heavy (non-hydrogen) atoms. The van der Waals surface area contributed by atoms with Gasteiger partial charge in [-0.25, -0.2) is 0 Å². The summed E-state index contributed by atoms with van der Waals surface area (Å²) in [5.41, 5.74) is 2.18. The predicted molar refractivity (Wildman–Crippen MR) is 88.1 cm³/mol. The molecule has 2 fully saturated rings. The molecule has 0 atom stereocenters. The number of aryl methyl sites for hydroxylation is 1. The zero-order chi connectivity index (χ0) is 17.0. The van der Waals surface area contributed by atoms with E-state index in [-0.39, 0.29) is 18.2 Å². The van der Waals surface area contributed by atoms with Gasteiger partial charge in [0.15, 0.2) is 5.79 Å². The van der Waals surface area contributed by atoms with Crippen molar-refractivity contribution in [3.63, 3.8) is 0 Å². The number of nitrogens with zero attached hydrogens (tertiary/aromatic N) is 1. The first-order chi connectivity index (χ1) is 11.6. The first-order valence-electron chi connectivity index (χ1n) is 8.44. The van der Waals surface area contributed by atoms with Gasteiger partial charge in [-0.2, -0.15) is 0 Å². The second kappa shape index (κ2) is 7.32. The van der Waals surface area contributed by atoms with Gasteiger partial charge >= 0.3 is 0 Å². The van der Waals surface area contributed by atoms with Crippen molar-refractivity contribution in [2.75, 3.05) is 26.3 Å². The fourth-order valence-corrected chi connectivity index (χ4v) is 3.22. The molecule has 2 amide bonds. The van der Waals surface area contributed by atoms with Gasteiger partial charge in [0.2, 0.25) is 11.8 Å². The summed E-state index contributed by atoms with van der Waals surface area (Å²) in [5, 5.41) is 2.81. The third kappa shape index (κ3) is 4.13. The van der Waals surface area contributed by atoms with Crippen molar-refractivity contribution in [2.24, 2.45) is 0 Å². The lowest BCUT2D eigenvalue weighted by atomic mass is 10.0. The minimum atomic E-state index is -0.496. The Morgan fingerprint density at radius 1 is 1.21 bits per heavy atom. The number of hydrogen-bond donors (Lipinski definition) is 1. The van der Waals surface area contributed by atoms with Crippen LogP contribution in [0.4, 0.5) is 0 Å². The number of piperidine rings is 1. The molecule has 0 saturated carbocycles. The van der Waals surface area contributed by atoms with Crippen LogP contribution in [0, 0.1) is 6.92 Å². The average molecular weight is 332 g/mol. The van der Waals surface area contributed by atoms with Crippen LogP contribution in [-0.4, -0.2) is 48.8 Å². The largest absolute Gasteiger partial charge is 0.352 e. The fraction of sp³-hybridized carbons (Fsp3) is 0.556. The Kier molecular flexibility index (Phi) is 5.16. The maximum atomic E-state index is 12.3. The Bertz CT molecular complexity index is 601. The van der Waals surface area contributed by atoms with Crippen molar-refractivity contribution in [1.82, 2.24) is 10.2 Å². The van der Waals surface area contributed by atoms with Crippen LogP contribution in [0.5, 0.6) is 0 Å². The van der Waals surface area contributed by atoms with Crippen LogP contribution in [0.25, 0.3) is 0 Å². The molecule has 0 aromatic heterocycles. The van der Waals surface area contributed by atoms with Crippen LogP contribution in [0.15, 0.2) is 24.3 Å². The van der Waals surface area contributed by atoms with Gasteiger partial charge in [-0.1, -0.05) is 29.8 Å². The highest BCUT2D eigenvalue weighted by atomic mass is 16.7. The highest BCUT2D eigenvalue weighted by Gasteiger charge is 2.40. The number of carbonyl (C=O) groups is 2. The molecule has 0 bridgehead atoms. The molecule has 2 saturated heterocycles. The predicted octanol–water partition coefficient (Wildman–Crippen LogP) is 1.37. The lowest BCUT2D eigenvalue weighted by Gasteiger charge is -2.37. The minimum absolute atomic E-state index is 0.111. The number of rotatable bonds is 4. The SMILES string of the molecule is Cc1cccc(CNC(=O)CC(=O)N2CCC3(CC2)OCCO3)c1. The number of amides is 2. The molecule has 1 aromatic carbocycles. The Hall–Kier alpha value is -1.92. The molecule has 1 spiro atoms. The zero-order valence-corrected chi connectivity index (χ0v) is 14.0. The molecule has 0 aliphatic carbocycles. The summed E-state index contributed by atoms with van der Waals surface area (Å²) in [6.45, 7) is 4.84. The topological polar surface area (TPSA) is 67.9 Å². The lowest BCUT2D eigenvalue weighted by molar-refractivity contribution is -0.187. The van der Waals surface area contributed by atoms with Gasteiger partial charge in [-0.15, -0.1) is 0 Å². The van der Waals surface area contributed by atoms with Crippen LogP contribution < -0.4 is 5.32 Å². The molecule has 1 aromatic rings. The first kappa shape index (κ1) is 16.9. The van der Waals surface area contributed by atoms with Gasteiger partial charge in [0.1, 0.15) is 6.42 Å². The molecule has 2 aliphatic heterocycles. The van der Waals surface area contributed by atoms with E-state index in [0.717, 1.165) is 11.1 Å². The van der Waals surface area contributed by atoms with E-state index in [1.54, 1.807) is 4.90 Å². The van der Waals surface area contributed by atoms with Crippen LogP contribution in [-0.2, 0) is 25.6 Å². The van der Waals surface area contributed by atoms with Crippen LogP contribution >= 0.6 is 0 Å². The standard InChI is InChI=1S/C18H24N2O4/c1-14-3-2-4-15(11-14)13-19-16(21)12-17(22)20-7-5-18(6-8-20)23-9-10-24-18/h2-4,11H,5-10,12-13H2,1H3,(H,19,21). The zero-order valence-electron chi connectivity index (χ0n) is 14.0. The second-order valence-corrected chi connectivity index (χ2v) is 6.43. The molecule has 2 heterocycles.